The van der Waals surface area contributed by atoms with E-state index in [1.165, 1.54) is 10.5 Å². The molecule has 0 aromatic heterocycles. The molecule has 1 fully saturated rings. The van der Waals surface area contributed by atoms with Crippen LogP contribution in [0.5, 0.6) is 5.75 Å². The third kappa shape index (κ3) is 7.40. The maximum Gasteiger partial charge on any atom is 0.389 e. The van der Waals surface area contributed by atoms with Crippen molar-refractivity contribution >= 4 is 5.91 Å². The average Bonchev–Trinajstić information content (AvgIpc) is 2.64. The van der Waals surface area contributed by atoms with Gasteiger partial charge in [0, 0.05) is 33.1 Å². The van der Waals surface area contributed by atoms with E-state index >= 15 is 0 Å². The van der Waals surface area contributed by atoms with Gasteiger partial charge in [0.2, 0.25) is 5.91 Å². The Morgan fingerprint density at radius 2 is 2.07 bits per heavy atom. The Labute approximate surface area is 159 Å². The minimum absolute atomic E-state index is 0.302. The van der Waals surface area contributed by atoms with Crippen molar-refractivity contribution < 1.29 is 22.7 Å². The third-order valence-corrected chi connectivity index (χ3v) is 5.07. The number of rotatable bonds is 8. The van der Waals surface area contributed by atoms with Gasteiger partial charge in [0.15, 0.2) is 0 Å². The molecule has 1 atom stereocenters. The number of carbonyl (C=O) groups is 1. The Balaban J connectivity index is 1.78. The van der Waals surface area contributed by atoms with Gasteiger partial charge < -0.3 is 14.5 Å². The van der Waals surface area contributed by atoms with Gasteiger partial charge in [-0.05, 0) is 43.4 Å². The van der Waals surface area contributed by atoms with E-state index in [1.54, 1.807) is 14.2 Å². The van der Waals surface area contributed by atoms with Crippen LogP contribution in [0.2, 0.25) is 0 Å². The second-order valence-corrected chi connectivity index (χ2v) is 7.26. The van der Waals surface area contributed by atoms with Crippen LogP contribution in [0.25, 0.3) is 0 Å². The summed E-state index contributed by atoms with van der Waals surface area (Å²) in [5.74, 6) is 0.760. The lowest BCUT2D eigenvalue weighted by Crippen LogP contribution is -2.42. The van der Waals surface area contributed by atoms with Gasteiger partial charge in [-0.15, -0.1) is 0 Å². The van der Waals surface area contributed by atoms with Crippen molar-refractivity contribution in [2.45, 2.75) is 38.3 Å². The summed E-state index contributed by atoms with van der Waals surface area (Å²) in [6.45, 7) is 3.30. The number of amides is 1. The largest absolute Gasteiger partial charge is 0.496 e. The highest BCUT2D eigenvalue weighted by Crippen LogP contribution is 2.23. The molecule has 0 saturated carbocycles. The summed E-state index contributed by atoms with van der Waals surface area (Å²) in [6, 6.07) is 7.96. The number of para-hydroxylation sites is 1. The van der Waals surface area contributed by atoms with Gasteiger partial charge in [0.1, 0.15) is 5.75 Å². The first-order chi connectivity index (χ1) is 12.8. The fourth-order valence-electron chi connectivity index (χ4n) is 3.62. The number of alkyl halides is 3. The summed E-state index contributed by atoms with van der Waals surface area (Å²) in [4.78, 5) is 15.8. The van der Waals surface area contributed by atoms with Gasteiger partial charge >= 0.3 is 6.18 Å². The second-order valence-electron chi connectivity index (χ2n) is 7.26. The Morgan fingerprint density at radius 3 is 2.78 bits per heavy atom. The standard InChI is InChI=1S/C20H29F3N2O2/c1-24(19(26)9-11-20(21,22)23)14-16-6-5-12-25(15-16)13-10-17-7-3-4-8-18(17)27-2/h3-4,7-8,16H,5-6,9-15H2,1-2H3/t16-/m0/s1. The molecule has 2 rings (SSSR count). The topological polar surface area (TPSA) is 32.8 Å². The van der Waals surface area contributed by atoms with Crippen molar-refractivity contribution in [3.63, 3.8) is 0 Å². The van der Waals surface area contributed by atoms with Crippen LogP contribution in [0.3, 0.4) is 0 Å². The van der Waals surface area contributed by atoms with Crippen LogP contribution in [0.4, 0.5) is 13.2 Å². The first-order valence-corrected chi connectivity index (χ1v) is 9.43. The van der Waals surface area contributed by atoms with Crippen molar-refractivity contribution in [3.8, 4) is 5.75 Å². The first-order valence-electron chi connectivity index (χ1n) is 9.43. The van der Waals surface area contributed by atoms with E-state index in [0.717, 1.165) is 44.6 Å². The van der Waals surface area contributed by atoms with E-state index in [-0.39, 0.29) is 0 Å². The van der Waals surface area contributed by atoms with E-state index in [9.17, 15) is 18.0 Å². The zero-order valence-electron chi connectivity index (χ0n) is 16.1. The van der Waals surface area contributed by atoms with Crippen LogP contribution in [0.1, 0.15) is 31.2 Å². The van der Waals surface area contributed by atoms with Crippen LogP contribution >= 0.6 is 0 Å². The maximum atomic E-state index is 12.3. The molecule has 152 valence electrons. The normalized spacial score (nSPS) is 18.3. The fraction of sp³-hybridized carbons (Fsp3) is 0.650. The quantitative estimate of drug-likeness (QED) is 0.682. The van der Waals surface area contributed by atoms with Crippen molar-refractivity contribution in [3.05, 3.63) is 29.8 Å². The van der Waals surface area contributed by atoms with E-state index < -0.39 is 24.9 Å². The number of hydrogen-bond donors (Lipinski definition) is 0. The molecule has 0 radical (unpaired) electrons. The van der Waals surface area contributed by atoms with Gasteiger partial charge in [-0.25, -0.2) is 0 Å². The summed E-state index contributed by atoms with van der Waals surface area (Å²) in [7, 11) is 3.27. The number of carbonyl (C=O) groups excluding carboxylic acids is 1. The predicted octanol–water partition coefficient (Wildman–Crippen LogP) is 3.75. The first kappa shape index (κ1) is 21.5. The van der Waals surface area contributed by atoms with Crippen LogP contribution in [-0.4, -0.2) is 62.2 Å². The molecule has 1 aromatic rings. The molecule has 1 heterocycles. The highest BCUT2D eigenvalue weighted by atomic mass is 19.4. The number of benzene rings is 1. The zero-order valence-corrected chi connectivity index (χ0v) is 16.1. The molecular formula is C20H29F3N2O2. The highest BCUT2D eigenvalue weighted by molar-refractivity contribution is 5.75. The molecule has 0 spiro atoms. The number of halogens is 3. The van der Waals surface area contributed by atoms with E-state index in [4.69, 9.17) is 4.74 Å². The molecular weight excluding hydrogens is 357 g/mol. The van der Waals surface area contributed by atoms with Crippen LogP contribution in [0, 0.1) is 5.92 Å². The van der Waals surface area contributed by atoms with Gasteiger partial charge in [-0.1, -0.05) is 18.2 Å². The molecule has 1 saturated heterocycles. The number of piperidine rings is 1. The summed E-state index contributed by atoms with van der Waals surface area (Å²) in [6.07, 6.45) is -2.87. The number of ether oxygens (including phenoxy) is 1. The second kappa shape index (κ2) is 9.97. The lowest BCUT2D eigenvalue weighted by Gasteiger charge is -2.35. The van der Waals surface area contributed by atoms with Crippen LogP contribution in [-0.2, 0) is 11.2 Å². The summed E-state index contributed by atoms with van der Waals surface area (Å²) in [5, 5.41) is 0. The van der Waals surface area contributed by atoms with Crippen LogP contribution < -0.4 is 4.74 Å². The van der Waals surface area contributed by atoms with E-state index in [1.807, 2.05) is 18.2 Å². The van der Waals surface area contributed by atoms with Crippen molar-refractivity contribution in [1.82, 2.24) is 9.80 Å². The van der Waals surface area contributed by atoms with Crippen molar-refractivity contribution in [1.29, 1.82) is 0 Å². The van der Waals surface area contributed by atoms with Gasteiger partial charge in [0.05, 0.1) is 13.5 Å². The SMILES string of the molecule is COc1ccccc1CCN1CCC[C@@H](CN(C)C(=O)CCC(F)(F)F)C1. The predicted molar refractivity (Wildman–Crippen MR) is 98.8 cm³/mol. The number of hydrogen-bond acceptors (Lipinski definition) is 3. The van der Waals surface area contributed by atoms with E-state index in [0.29, 0.717) is 12.5 Å². The molecule has 1 aliphatic rings. The van der Waals surface area contributed by atoms with Gasteiger partial charge in [-0.2, -0.15) is 13.2 Å². The smallest absolute Gasteiger partial charge is 0.389 e. The Morgan fingerprint density at radius 1 is 1.33 bits per heavy atom. The molecule has 1 amide bonds. The highest BCUT2D eigenvalue weighted by Gasteiger charge is 2.29. The fourth-order valence-corrected chi connectivity index (χ4v) is 3.62. The summed E-state index contributed by atoms with van der Waals surface area (Å²) in [5.41, 5.74) is 1.17. The number of nitrogens with zero attached hydrogens (tertiary/aromatic N) is 2. The molecule has 0 unspecified atom stereocenters. The van der Waals surface area contributed by atoms with Crippen molar-refractivity contribution in [2.75, 3.05) is 40.3 Å². The molecule has 7 heteroatoms. The maximum absolute atomic E-state index is 12.3. The van der Waals surface area contributed by atoms with Crippen LogP contribution in [0.15, 0.2) is 24.3 Å². The molecule has 27 heavy (non-hydrogen) atoms. The summed E-state index contributed by atoms with van der Waals surface area (Å²) >= 11 is 0. The Bertz CT molecular complexity index is 607. The van der Waals surface area contributed by atoms with Crippen molar-refractivity contribution in [2.24, 2.45) is 5.92 Å². The summed E-state index contributed by atoms with van der Waals surface area (Å²) < 4.78 is 42.2. The molecule has 1 aromatic carbocycles. The van der Waals surface area contributed by atoms with E-state index in [2.05, 4.69) is 11.0 Å². The lowest BCUT2D eigenvalue weighted by molar-refractivity contribution is -0.148. The Kier molecular flexibility index (Phi) is 7.95. The third-order valence-electron chi connectivity index (χ3n) is 5.07. The molecule has 0 bridgehead atoms. The monoisotopic (exact) mass is 386 g/mol. The average molecular weight is 386 g/mol. The Hall–Kier alpha value is -1.76. The number of methoxy groups -OCH3 is 1. The molecule has 1 aliphatic heterocycles. The molecule has 4 nitrogen and oxygen atoms in total. The minimum atomic E-state index is -4.28. The minimum Gasteiger partial charge on any atom is -0.496 e. The lowest BCUT2D eigenvalue weighted by atomic mass is 9.97. The van der Waals surface area contributed by atoms with Gasteiger partial charge in [0.25, 0.3) is 0 Å². The van der Waals surface area contributed by atoms with Gasteiger partial charge in [-0.3, -0.25) is 4.79 Å². The molecule has 0 N–H and O–H groups in total. The molecule has 0 aliphatic carbocycles. The zero-order chi connectivity index (χ0) is 19.9. The number of likely N-dealkylation sites (tertiary alicyclic amines) is 1.